The zero-order valence-corrected chi connectivity index (χ0v) is 21.0. The van der Waals surface area contributed by atoms with Gasteiger partial charge in [-0.3, -0.25) is 0 Å². The molecule has 0 saturated carbocycles. The summed E-state index contributed by atoms with van der Waals surface area (Å²) in [5, 5.41) is 0. The van der Waals surface area contributed by atoms with E-state index in [1.165, 1.54) is 80.6 Å². The van der Waals surface area contributed by atoms with Gasteiger partial charge in [0.15, 0.2) is 0 Å². The van der Waals surface area contributed by atoms with Gasteiger partial charge in [0.05, 0.1) is 0 Å². The first-order valence-corrected chi connectivity index (χ1v) is 18.0. The molecule has 0 atom stereocenters. The predicted octanol–water partition coefficient (Wildman–Crippen LogP) is 7.12. The van der Waals surface area contributed by atoms with E-state index < -0.39 is 18.8 Å². The Morgan fingerprint density at radius 3 is 1.63 bits per heavy atom. The molecule has 3 heteroatoms. The Balaban J connectivity index is 2.72. The summed E-state index contributed by atoms with van der Waals surface area (Å²) in [7, 11) is 0. The molecule has 0 bridgehead atoms. The molecule has 0 aliphatic carbocycles. The van der Waals surface area contributed by atoms with Gasteiger partial charge in [0, 0.05) is 0 Å². The van der Waals surface area contributed by atoms with E-state index in [1.54, 1.807) is 6.92 Å². The van der Waals surface area contributed by atoms with E-state index in [4.69, 9.17) is 3.07 Å². The first-order valence-electron chi connectivity index (χ1n) is 11.4. The first-order chi connectivity index (χ1) is 13.1. The summed E-state index contributed by atoms with van der Waals surface area (Å²) in [5.41, 5.74) is 0. The fourth-order valence-corrected chi connectivity index (χ4v) is 15.8. The van der Waals surface area contributed by atoms with E-state index in [-0.39, 0.29) is 5.97 Å². The van der Waals surface area contributed by atoms with Crippen LogP contribution in [0, 0.1) is 0 Å². The number of unbranched alkanes of at least 4 members (excludes halogenated alkanes) is 10. The standard InChI is InChI=1S/2C8H17.C6H5.C2H4O2.Sn/c2*1-3-5-7-8-6-4-2;1-2-4-6-5-3-1;1-2(3)4;/h2*1,3-8H2,2H3;1-5H;1H3,(H,3,4);/q;;;;+1/p-1. The number of hydrogen-bond donors (Lipinski definition) is 0. The van der Waals surface area contributed by atoms with Crippen LogP contribution in [0.5, 0.6) is 0 Å². The van der Waals surface area contributed by atoms with Crippen molar-refractivity contribution in [2.45, 2.75) is 107 Å². The summed E-state index contributed by atoms with van der Waals surface area (Å²) < 4.78 is 9.93. The molecule has 154 valence electrons. The third kappa shape index (κ3) is 10.6. The van der Waals surface area contributed by atoms with E-state index in [9.17, 15) is 4.79 Å². The van der Waals surface area contributed by atoms with Crippen LogP contribution >= 0.6 is 0 Å². The Morgan fingerprint density at radius 1 is 0.741 bits per heavy atom. The molecule has 0 N–H and O–H groups in total. The molecule has 0 unspecified atom stereocenters. The Kier molecular flexibility index (Phi) is 14.0. The number of hydrogen-bond acceptors (Lipinski definition) is 2. The molecule has 0 fully saturated rings. The van der Waals surface area contributed by atoms with Gasteiger partial charge < -0.3 is 0 Å². The average molecular weight is 481 g/mol. The Morgan fingerprint density at radius 2 is 1.19 bits per heavy atom. The molecule has 0 aromatic heterocycles. The summed E-state index contributed by atoms with van der Waals surface area (Å²) in [6.07, 6.45) is 15.6. The molecule has 0 aliphatic rings. The first kappa shape index (κ1) is 24.5. The van der Waals surface area contributed by atoms with Gasteiger partial charge in [0.1, 0.15) is 0 Å². The second-order valence-electron chi connectivity index (χ2n) is 7.99. The average Bonchev–Trinajstić information content (AvgIpc) is 2.67. The van der Waals surface area contributed by atoms with E-state index in [0.717, 1.165) is 8.87 Å². The molecular weight excluding hydrogens is 439 g/mol. The van der Waals surface area contributed by atoms with E-state index >= 15 is 0 Å². The van der Waals surface area contributed by atoms with Crippen LogP contribution in [-0.2, 0) is 7.87 Å². The van der Waals surface area contributed by atoms with Crippen molar-refractivity contribution >= 4 is 28.3 Å². The van der Waals surface area contributed by atoms with Crippen molar-refractivity contribution in [2.24, 2.45) is 0 Å². The summed E-state index contributed by atoms with van der Waals surface area (Å²) >= 11 is -3.13. The van der Waals surface area contributed by atoms with Crippen LogP contribution in [0.15, 0.2) is 30.3 Å². The third-order valence-electron chi connectivity index (χ3n) is 5.51. The van der Waals surface area contributed by atoms with Crippen molar-refractivity contribution in [3.8, 4) is 0 Å². The molecule has 0 saturated heterocycles. The van der Waals surface area contributed by atoms with Gasteiger partial charge in [0.25, 0.3) is 0 Å². The van der Waals surface area contributed by atoms with Gasteiger partial charge in [-0.2, -0.15) is 0 Å². The zero-order chi connectivity index (χ0) is 19.8. The van der Waals surface area contributed by atoms with Gasteiger partial charge in [-0.25, -0.2) is 0 Å². The monoisotopic (exact) mass is 482 g/mol. The second-order valence-corrected chi connectivity index (χ2v) is 18.7. The molecule has 0 heterocycles. The maximum atomic E-state index is 12.0. The minimum absolute atomic E-state index is 0.0633. The fourth-order valence-electron chi connectivity index (χ4n) is 3.97. The topological polar surface area (TPSA) is 26.3 Å². The molecule has 0 spiro atoms. The van der Waals surface area contributed by atoms with Crippen LogP contribution < -0.4 is 3.58 Å². The second kappa shape index (κ2) is 15.4. The fraction of sp³-hybridized carbons (Fsp3) is 0.708. The van der Waals surface area contributed by atoms with E-state index in [1.807, 2.05) is 0 Å². The van der Waals surface area contributed by atoms with Crippen LogP contribution in [0.2, 0.25) is 8.87 Å². The Labute approximate surface area is 172 Å². The summed E-state index contributed by atoms with van der Waals surface area (Å²) in [6, 6.07) is 10.8. The van der Waals surface area contributed by atoms with Gasteiger partial charge in [0.2, 0.25) is 0 Å². The molecule has 0 aliphatic heterocycles. The van der Waals surface area contributed by atoms with Gasteiger partial charge in [-0.15, -0.1) is 0 Å². The number of carbonyl (C=O) groups is 1. The Hall–Kier alpha value is -0.511. The molecule has 27 heavy (non-hydrogen) atoms. The van der Waals surface area contributed by atoms with Gasteiger partial charge in [-0.1, -0.05) is 0 Å². The maximum absolute atomic E-state index is 12.0. The van der Waals surface area contributed by atoms with Crippen molar-refractivity contribution in [2.75, 3.05) is 0 Å². The Bertz CT molecular complexity index is 470. The van der Waals surface area contributed by atoms with Crippen LogP contribution in [0.25, 0.3) is 0 Å². The molecule has 0 radical (unpaired) electrons. The molecule has 1 rings (SSSR count). The van der Waals surface area contributed by atoms with Crippen LogP contribution in [0.3, 0.4) is 0 Å². The third-order valence-corrected chi connectivity index (χ3v) is 18.0. The molecule has 2 nitrogen and oxygen atoms in total. The summed E-state index contributed by atoms with van der Waals surface area (Å²) in [6.45, 7) is 6.13. The zero-order valence-electron chi connectivity index (χ0n) is 18.1. The van der Waals surface area contributed by atoms with Crippen LogP contribution in [0.4, 0.5) is 0 Å². The van der Waals surface area contributed by atoms with Gasteiger partial charge >= 0.3 is 173 Å². The molecule has 1 aromatic rings. The van der Waals surface area contributed by atoms with Crippen molar-refractivity contribution < 1.29 is 7.87 Å². The predicted molar refractivity (Wildman–Crippen MR) is 120 cm³/mol. The van der Waals surface area contributed by atoms with Crippen molar-refractivity contribution in [3.63, 3.8) is 0 Å². The van der Waals surface area contributed by atoms with Crippen LogP contribution in [0.1, 0.15) is 97.8 Å². The molecule has 1 aromatic carbocycles. The van der Waals surface area contributed by atoms with Crippen molar-refractivity contribution in [3.05, 3.63) is 30.3 Å². The summed E-state index contributed by atoms with van der Waals surface area (Å²) in [4.78, 5) is 12.0. The summed E-state index contributed by atoms with van der Waals surface area (Å²) in [5.74, 6) is -0.0633. The van der Waals surface area contributed by atoms with Crippen LogP contribution in [-0.4, -0.2) is 24.8 Å². The SMILES string of the molecule is CCCCCCC[CH2][Sn]([CH2]CCCCCCC)([O]C(C)=O)[c]1ccccc1. The van der Waals surface area contributed by atoms with E-state index in [0.29, 0.717) is 0 Å². The minimum atomic E-state index is -3.13. The van der Waals surface area contributed by atoms with Crippen molar-refractivity contribution in [1.29, 1.82) is 0 Å². The van der Waals surface area contributed by atoms with Crippen molar-refractivity contribution in [1.82, 2.24) is 0 Å². The normalized spacial score (nSPS) is 11.5. The van der Waals surface area contributed by atoms with E-state index in [2.05, 4.69) is 44.2 Å². The molecular formula is C24H42O2Sn. The quantitative estimate of drug-likeness (QED) is 0.186. The molecule has 0 amide bonds. The number of rotatable bonds is 16. The number of carbonyl (C=O) groups excluding carboxylic acids is 1. The van der Waals surface area contributed by atoms with Gasteiger partial charge in [-0.05, 0) is 0 Å². The number of benzene rings is 1.